The van der Waals surface area contributed by atoms with Gasteiger partial charge < -0.3 is 4.90 Å². The molecule has 0 saturated heterocycles. The summed E-state index contributed by atoms with van der Waals surface area (Å²) in [5, 5.41) is 0.192. The van der Waals surface area contributed by atoms with Crippen molar-refractivity contribution in [3.05, 3.63) is 59.4 Å². The summed E-state index contributed by atoms with van der Waals surface area (Å²) < 4.78 is 27.8. The molecule has 1 aromatic heterocycles. The number of likely N-dealkylation sites (N-methyl/N-ethyl adjacent to an activating group) is 1. The van der Waals surface area contributed by atoms with Crippen molar-refractivity contribution in [1.82, 2.24) is 14.6 Å². The highest BCUT2D eigenvalue weighted by atomic mass is 35.5. The second-order valence-electron chi connectivity index (χ2n) is 5.29. The summed E-state index contributed by atoms with van der Waals surface area (Å²) in [4.78, 5) is 18.2. The first-order chi connectivity index (χ1) is 11.9. The molecule has 134 valence electrons. The lowest BCUT2D eigenvalue weighted by molar-refractivity contribution is -0.132. The van der Waals surface area contributed by atoms with E-state index in [1.54, 1.807) is 35.2 Å². The van der Waals surface area contributed by atoms with Crippen molar-refractivity contribution in [3.8, 4) is 0 Å². The first-order valence-corrected chi connectivity index (χ1v) is 9.72. The summed E-state index contributed by atoms with van der Waals surface area (Å²) >= 11 is 5.71. The molecule has 2 rings (SSSR count). The molecule has 0 unspecified atom stereocenters. The van der Waals surface area contributed by atoms with Gasteiger partial charge in [-0.15, -0.1) is 0 Å². The topological polar surface area (TPSA) is 79.4 Å². The van der Waals surface area contributed by atoms with Gasteiger partial charge in [0.2, 0.25) is 15.9 Å². The molecule has 1 aromatic carbocycles. The van der Waals surface area contributed by atoms with E-state index in [9.17, 15) is 13.2 Å². The number of halogens is 1. The molecule has 1 N–H and O–H groups in total. The number of nitrogens with one attached hydrogen (secondary N) is 1. The van der Waals surface area contributed by atoms with Gasteiger partial charge in [-0.2, -0.15) is 4.72 Å². The average Bonchev–Trinajstić information content (AvgIpc) is 2.62. The van der Waals surface area contributed by atoms with Crippen LogP contribution in [0.2, 0.25) is 5.15 Å². The maximum atomic E-state index is 12.8. The van der Waals surface area contributed by atoms with Crippen LogP contribution < -0.4 is 4.72 Å². The van der Waals surface area contributed by atoms with E-state index in [4.69, 9.17) is 11.6 Å². The van der Waals surface area contributed by atoms with Crippen molar-refractivity contribution in [2.45, 2.75) is 24.8 Å². The molecular weight excluding hydrogens is 362 g/mol. The first-order valence-electron chi connectivity index (χ1n) is 7.86. The quantitative estimate of drug-likeness (QED) is 0.747. The zero-order chi connectivity index (χ0) is 18.4. The number of carbonyl (C=O) groups is 1. The molecule has 0 aliphatic carbocycles. The highest BCUT2D eigenvalue weighted by molar-refractivity contribution is 7.89. The Kier molecular flexibility index (Phi) is 6.52. The molecule has 1 heterocycles. The lowest BCUT2D eigenvalue weighted by atomic mass is 10.1. The monoisotopic (exact) mass is 381 g/mol. The Labute approximate surface area is 152 Å². The Morgan fingerprint density at radius 3 is 2.32 bits per heavy atom. The Hall–Kier alpha value is -1.96. The highest BCUT2D eigenvalue weighted by Gasteiger charge is 2.29. The summed E-state index contributed by atoms with van der Waals surface area (Å²) in [6.07, 6.45) is 1.16. The molecule has 0 aliphatic heterocycles. The Morgan fingerprint density at radius 1 is 1.16 bits per heavy atom. The summed E-state index contributed by atoms with van der Waals surface area (Å²) in [5.41, 5.74) is 0.574. The molecule has 25 heavy (non-hydrogen) atoms. The van der Waals surface area contributed by atoms with Gasteiger partial charge in [0.05, 0.1) is 0 Å². The summed E-state index contributed by atoms with van der Waals surface area (Å²) in [6.45, 7) is 4.67. The van der Waals surface area contributed by atoms with Crippen LogP contribution in [0.4, 0.5) is 0 Å². The lowest BCUT2D eigenvalue weighted by Crippen LogP contribution is -2.42. The van der Waals surface area contributed by atoms with Gasteiger partial charge in [0.15, 0.2) is 0 Å². The van der Waals surface area contributed by atoms with Crippen LogP contribution >= 0.6 is 11.6 Å². The maximum Gasteiger partial charge on any atom is 0.245 e. The van der Waals surface area contributed by atoms with Crippen LogP contribution in [0.5, 0.6) is 0 Å². The van der Waals surface area contributed by atoms with E-state index in [0.29, 0.717) is 18.7 Å². The van der Waals surface area contributed by atoms with Crippen molar-refractivity contribution in [2.75, 3.05) is 13.1 Å². The van der Waals surface area contributed by atoms with E-state index in [2.05, 4.69) is 9.71 Å². The summed E-state index contributed by atoms with van der Waals surface area (Å²) in [7, 11) is -3.94. The third-order valence-electron chi connectivity index (χ3n) is 3.74. The number of pyridine rings is 1. The van der Waals surface area contributed by atoms with E-state index in [1.165, 1.54) is 12.1 Å². The molecule has 0 radical (unpaired) electrons. The minimum atomic E-state index is -3.94. The number of amides is 1. The fraction of sp³-hybridized carbons (Fsp3) is 0.294. The molecule has 2 aromatic rings. The molecule has 0 fully saturated rings. The normalized spacial score (nSPS) is 12.6. The predicted molar refractivity (Wildman–Crippen MR) is 96.7 cm³/mol. The molecule has 0 spiro atoms. The van der Waals surface area contributed by atoms with Crippen LogP contribution in [0.1, 0.15) is 25.5 Å². The van der Waals surface area contributed by atoms with Gasteiger partial charge in [-0.3, -0.25) is 4.79 Å². The van der Waals surface area contributed by atoms with Gasteiger partial charge in [0.1, 0.15) is 16.1 Å². The molecule has 1 amide bonds. The van der Waals surface area contributed by atoms with Crippen molar-refractivity contribution < 1.29 is 13.2 Å². The van der Waals surface area contributed by atoms with Gasteiger partial charge in [-0.05, 0) is 31.5 Å². The Morgan fingerprint density at radius 2 is 1.80 bits per heavy atom. The highest BCUT2D eigenvalue weighted by Crippen LogP contribution is 2.20. The van der Waals surface area contributed by atoms with Crippen LogP contribution in [-0.2, 0) is 14.8 Å². The number of sulfonamides is 1. The third kappa shape index (κ3) is 4.78. The zero-order valence-corrected chi connectivity index (χ0v) is 15.6. The van der Waals surface area contributed by atoms with E-state index in [0.717, 1.165) is 6.20 Å². The third-order valence-corrected chi connectivity index (χ3v) is 5.37. The molecule has 1 atom stereocenters. The van der Waals surface area contributed by atoms with Gasteiger partial charge in [0.25, 0.3) is 0 Å². The van der Waals surface area contributed by atoms with Crippen molar-refractivity contribution in [2.24, 2.45) is 0 Å². The second kappa shape index (κ2) is 8.42. The smallest absolute Gasteiger partial charge is 0.245 e. The molecular formula is C17H20ClN3O3S. The first kappa shape index (κ1) is 19.4. The average molecular weight is 382 g/mol. The molecule has 6 nitrogen and oxygen atoms in total. The summed E-state index contributed by atoms with van der Waals surface area (Å²) in [5.74, 6) is -0.304. The minimum absolute atomic E-state index is 0.0508. The molecule has 0 saturated carbocycles. The van der Waals surface area contributed by atoms with Crippen LogP contribution in [-0.4, -0.2) is 37.3 Å². The van der Waals surface area contributed by atoms with Gasteiger partial charge in [0, 0.05) is 19.3 Å². The fourth-order valence-corrected chi connectivity index (χ4v) is 3.60. The standard InChI is InChI=1S/C17H20ClN3O3S/c1-3-21(4-2)17(22)16(13-8-6-5-7-9-13)20-25(23,24)14-10-11-15(18)19-12-14/h5-12,16,20H,3-4H2,1-2H3/t16-/m0/s1. The number of rotatable bonds is 7. The van der Waals surface area contributed by atoms with Crippen molar-refractivity contribution in [1.29, 1.82) is 0 Å². The Bertz CT molecular complexity index is 807. The number of hydrogen-bond acceptors (Lipinski definition) is 4. The Balaban J connectivity index is 2.39. The minimum Gasteiger partial charge on any atom is -0.342 e. The molecule has 0 aliphatic rings. The zero-order valence-electron chi connectivity index (χ0n) is 14.0. The molecule has 8 heteroatoms. The van der Waals surface area contributed by atoms with Crippen LogP contribution in [0, 0.1) is 0 Å². The lowest BCUT2D eigenvalue weighted by Gasteiger charge is -2.26. The van der Waals surface area contributed by atoms with E-state index >= 15 is 0 Å². The fourth-order valence-electron chi connectivity index (χ4n) is 2.37. The summed E-state index contributed by atoms with van der Waals surface area (Å²) in [6, 6.07) is 10.5. The largest absolute Gasteiger partial charge is 0.342 e. The van der Waals surface area contributed by atoms with E-state index in [-0.39, 0.29) is 16.0 Å². The van der Waals surface area contributed by atoms with Gasteiger partial charge in [-0.1, -0.05) is 41.9 Å². The predicted octanol–water partition coefficient (Wildman–Crippen LogP) is 2.62. The number of carbonyl (C=O) groups excluding carboxylic acids is 1. The second-order valence-corrected chi connectivity index (χ2v) is 7.39. The van der Waals surface area contributed by atoms with Crippen molar-refractivity contribution >= 4 is 27.5 Å². The SMILES string of the molecule is CCN(CC)C(=O)[C@@H](NS(=O)(=O)c1ccc(Cl)nc1)c1ccccc1. The van der Waals surface area contributed by atoms with E-state index < -0.39 is 16.1 Å². The van der Waals surface area contributed by atoms with Crippen LogP contribution in [0.25, 0.3) is 0 Å². The van der Waals surface area contributed by atoms with Crippen LogP contribution in [0.3, 0.4) is 0 Å². The number of hydrogen-bond donors (Lipinski definition) is 1. The van der Waals surface area contributed by atoms with Gasteiger partial charge >= 0.3 is 0 Å². The van der Waals surface area contributed by atoms with Gasteiger partial charge in [-0.25, -0.2) is 13.4 Å². The van der Waals surface area contributed by atoms with Crippen molar-refractivity contribution in [3.63, 3.8) is 0 Å². The molecule has 0 bridgehead atoms. The number of benzene rings is 1. The van der Waals surface area contributed by atoms with Crippen LogP contribution in [0.15, 0.2) is 53.6 Å². The number of nitrogens with zero attached hydrogens (tertiary/aromatic N) is 2. The maximum absolute atomic E-state index is 12.8. The van der Waals surface area contributed by atoms with E-state index in [1.807, 2.05) is 13.8 Å². The number of aromatic nitrogens is 1.